The van der Waals surface area contributed by atoms with Gasteiger partial charge < -0.3 is 15.1 Å². The van der Waals surface area contributed by atoms with Crippen LogP contribution in [-0.2, 0) is 0 Å². The van der Waals surface area contributed by atoms with Crippen molar-refractivity contribution in [1.82, 2.24) is 4.90 Å². The molecule has 1 heterocycles. The van der Waals surface area contributed by atoms with Crippen molar-refractivity contribution in [2.45, 2.75) is 18.9 Å². The average molecular weight is 244 g/mol. The molecule has 1 saturated carbocycles. The minimum atomic E-state index is -0.946. The third-order valence-electron chi connectivity index (χ3n) is 3.96. The van der Waals surface area contributed by atoms with Gasteiger partial charge in [0.1, 0.15) is 6.10 Å². The number of aliphatic hydroxyl groups excluding tert-OH is 1. The van der Waals surface area contributed by atoms with Crippen molar-refractivity contribution in [2.75, 3.05) is 19.6 Å². The first-order valence-corrected chi connectivity index (χ1v) is 5.76. The van der Waals surface area contributed by atoms with Crippen LogP contribution in [0.1, 0.15) is 12.8 Å². The van der Waals surface area contributed by atoms with Gasteiger partial charge in [0.25, 0.3) is 0 Å². The number of hydrogen-bond donors (Lipinski definition) is 2. The Bertz CT molecular complexity index is 321. The Morgan fingerprint density at radius 2 is 1.94 bits per heavy atom. The smallest absolute Gasteiger partial charge is 0.407 e. The summed E-state index contributed by atoms with van der Waals surface area (Å²) in [5.74, 6) is 0.0237. The first-order valence-electron chi connectivity index (χ1n) is 5.76. The molecular weight excluding hydrogens is 228 g/mol. The summed E-state index contributed by atoms with van der Waals surface area (Å²) < 4.78 is 0. The summed E-state index contributed by atoms with van der Waals surface area (Å²) in [5, 5.41) is 29.2. The summed E-state index contributed by atoms with van der Waals surface area (Å²) >= 11 is 0. The molecular formula is C10H16N2O5. The van der Waals surface area contributed by atoms with Crippen molar-refractivity contribution < 1.29 is 19.9 Å². The number of amides is 1. The molecule has 1 aliphatic carbocycles. The van der Waals surface area contributed by atoms with E-state index < -0.39 is 23.7 Å². The maximum Gasteiger partial charge on any atom is 0.407 e. The number of carbonyl (C=O) groups is 1. The molecule has 1 aliphatic heterocycles. The van der Waals surface area contributed by atoms with E-state index in [9.17, 15) is 20.0 Å². The molecule has 0 radical (unpaired) electrons. The lowest BCUT2D eigenvalue weighted by molar-refractivity contribution is -0.493. The predicted molar refractivity (Wildman–Crippen MR) is 57.2 cm³/mol. The minimum Gasteiger partial charge on any atom is -0.465 e. The van der Waals surface area contributed by atoms with E-state index in [-0.39, 0.29) is 17.8 Å². The highest BCUT2D eigenvalue weighted by Gasteiger charge is 2.47. The molecule has 7 heteroatoms. The summed E-state index contributed by atoms with van der Waals surface area (Å²) in [6.07, 6.45) is -0.176. The normalized spacial score (nSPS) is 33.5. The number of nitro groups is 1. The van der Waals surface area contributed by atoms with Gasteiger partial charge in [-0.25, -0.2) is 4.79 Å². The monoisotopic (exact) mass is 244 g/mol. The number of rotatable bonds is 3. The molecule has 2 bridgehead atoms. The lowest BCUT2D eigenvalue weighted by Gasteiger charge is -2.37. The van der Waals surface area contributed by atoms with Crippen LogP contribution in [0, 0.1) is 27.9 Å². The van der Waals surface area contributed by atoms with Crippen molar-refractivity contribution in [3.63, 3.8) is 0 Å². The number of likely N-dealkylation sites (tertiary alicyclic amines) is 1. The molecule has 17 heavy (non-hydrogen) atoms. The predicted octanol–water partition coefficient (Wildman–Crippen LogP) is 0.260. The molecule has 2 fully saturated rings. The van der Waals surface area contributed by atoms with Crippen LogP contribution in [0.3, 0.4) is 0 Å². The van der Waals surface area contributed by atoms with E-state index in [2.05, 4.69) is 0 Å². The highest BCUT2D eigenvalue weighted by Crippen LogP contribution is 2.43. The van der Waals surface area contributed by atoms with E-state index in [4.69, 9.17) is 5.11 Å². The molecule has 1 saturated heterocycles. The molecule has 1 amide bonds. The van der Waals surface area contributed by atoms with Gasteiger partial charge in [0.15, 0.2) is 0 Å². The van der Waals surface area contributed by atoms with Crippen LogP contribution in [0.5, 0.6) is 0 Å². The Kier molecular flexibility index (Phi) is 3.19. The highest BCUT2D eigenvalue weighted by atomic mass is 16.6. The molecule has 7 nitrogen and oxygen atoms in total. The van der Waals surface area contributed by atoms with Gasteiger partial charge in [-0.15, -0.1) is 0 Å². The second-order valence-corrected chi connectivity index (χ2v) is 4.95. The molecule has 2 rings (SSSR count). The van der Waals surface area contributed by atoms with Gasteiger partial charge in [0, 0.05) is 23.9 Å². The number of piperidine rings is 1. The fourth-order valence-electron chi connectivity index (χ4n) is 3.32. The zero-order valence-corrected chi connectivity index (χ0v) is 9.36. The van der Waals surface area contributed by atoms with Gasteiger partial charge in [-0.05, 0) is 24.7 Å². The first-order chi connectivity index (χ1) is 7.99. The van der Waals surface area contributed by atoms with Gasteiger partial charge in [0.05, 0.1) is 0 Å². The van der Waals surface area contributed by atoms with Crippen molar-refractivity contribution in [3.05, 3.63) is 10.1 Å². The topological polar surface area (TPSA) is 104 Å². The van der Waals surface area contributed by atoms with E-state index in [1.165, 1.54) is 4.90 Å². The largest absolute Gasteiger partial charge is 0.465 e. The second-order valence-electron chi connectivity index (χ2n) is 4.95. The fourth-order valence-corrected chi connectivity index (χ4v) is 3.32. The number of carboxylic acid groups (broad SMARTS) is 1. The SMILES string of the molecule is O=C(O)N1CC2CCC(C1)C2C(O)C[N+](=O)[O-]. The number of hydrogen-bond acceptors (Lipinski definition) is 4. The molecule has 3 unspecified atom stereocenters. The van der Waals surface area contributed by atoms with Crippen LogP contribution < -0.4 is 0 Å². The Labute approximate surface area is 98.2 Å². The zero-order chi connectivity index (χ0) is 12.6. The third kappa shape index (κ3) is 2.33. The van der Waals surface area contributed by atoms with E-state index in [0.717, 1.165) is 12.8 Å². The summed E-state index contributed by atoms with van der Waals surface area (Å²) in [6, 6.07) is 0. The molecule has 0 aromatic rings. The van der Waals surface area contributed by atoms with Gasteiger partial charge in [0.2, 0.25) is 6.54 Å². The summed E-state index contributed by atoms with van der Waals surface area (Å²) in [6.45, 7) is 0.348. The van der Waals surface area contributed by atoms with Crippen LogP contribution >= 0.6 is 0 Å². The fraction of sp³-hybridized carbons (Fsp3) is 0.900. The Balaban J connectivity index is 2.03. The van der Waals surface area contributed by atoms with E-state index in [1.807, 2.05) is 0 Å². The summed E-state index contributed by atoms with van der Waals surface area (Å²) in [4.78, 5) is 22.1. The maximum atomic E-state index is 10.9. The van der Waals surface area contributed by atoms with Gasteiger partial charge in [-0.2, -0.15) is 0 Å². The molecule has 0 aromatic heterocycles. The standard InChI is InChI=1S/C10H16N2O5/c13-8(5-12(16)17)9-6-1-2-7(9)4-11(3-6)10(14)15/h6-9,13H,1-5H2,(H,14,15). The van der Waals surface area contributed by atoms with Crippen LogP contribution in [0.15, 0.2) is 0 Å². The minimum absolute atomic E-state index is 0.0693. The second kappa shape index (κ2) is 4.48. The Morgan fingerprint density at radius 3 is 2.35 bits per heavy atom. The molecule has 2 N–H and O–H groups in total. The molecule has 3 atom stereocenters. The van der Waals surface area contributed by atoms with Crippen molar-refractivity contribution in [2.24, 2.45) is 17.8 Å². The van der Waals surface area contributed by atoms with Crippen molar-refractivity contribution in [3.8, 4) is 0 Å². The highest BCUT2D eigenvalue weighted by molar-refractivity contribution is 5.65. The molecule has 96 valence electrons. The van der Waals surface area contributed by atoms with E-state index in [0.29, 0.717) is 13.1 Å². The molecule has 2 aliphatic rings. The van der Waals surface area contributed by atoms with Crippen molar-refractivity contribution >= 4 is 6.09 Å². The number of aliphatic hydroxyl groups is 1. The quantitative estimate of drug-likeness (QED) is 0.547. The van der Waals surface area contributed by atoms with Crippen LogP contribution in [0.4, 0.5) is 4.79 Å². The lowest BCUT2D eigenvalue weighted by Crippen LogP contribution is -2.49. The Hall–Kier alpha value is -1.37. The van der Waals surface area contributed by atoms with E-state index >= 15 is 0 Å². The molecule has 0 spiro atoms. The summed E-state index contributed by atoms with van der Waals surface area (Å²) in [5.41, 5.74) is 0. The molecule has 0 aromatic carbocycles. The van der Waals surface area contributed by atoms with Crippen molar-refractivity contribution in [1.29, 1.82) is 0 Å². The maximum absolute atomic E-state index is 10.9. The summed E-state index contributed by atoms with van der Waals surface area (Å²) in [7, 11) is 0. The number of nitrogens with zero attached hydrogens (tertiary/aromatic N) is 2. The average Bonchev–Trinajstić information content (AvgIpc) is 2.48. The van der Waals surface area contributed by atoms with Gasteiger partial charge in [-0.3, -0.25) is 10.1 Å². The van der Waals surface area contributed by atoms with E-state index in [1.54, 1.807) is 0 Å². The van der Waals surface area contributed by atoms with Gasteiger partial charge >= 0.3 is 6.09 Å². The lowest BCUT2D eigenvalue weighted by atomic mass is 9.81. The third-order valence-corrected chi connectivity index (χ3v) is 3.96. The zero-order valence-electron chi connectivity index (χ0n) is 9.36. The van der Waals surface area contributed by atoms with Crippen LogP contribution in [-0.4, -0.2) is 51.9 Å². The van der Waals surface area contributed by atoms with Gasteiger partial charge in [-0.1, -0.05) is 0 Å². The van der Waals surface area contributed by atoms with Crippen LogP contribution in [0.25, 0.3) is 0 Å². The van der Waals surface area contributed by atoms with Crippen LogP contribution in [0.2, 0.25) is 0 Å². The Morgan fingerprint density at radius 1 is 1.41 bits per heavy atom. The number of fused-ring (bicyclic) bond motifs is 2. The first kappa shape index (κ1) is 12.1.